The number of carboxylic acids is 1. The Morgan fingerprint density at radius 3 is 2.57 bits per heavy atom. The molecule has 5 nitrogen and oxygen atoms in total. The molecule has 0 saturated carbocycles. The van der Waals surface area contributed by atoms with E-state index in [1.165, 1.54) is 24.3 Å². The number of carbonyl (C=O) groups excluding carboxylic acids is 1. The van der Waals surface area contributed by atoms with E-state index >= 15 is 0 Å². The third kappa shape index (κ3) is 3.58. The molecule has 0 aliphatic carbocycles. The summed E-state index contributed by atoms with van der Waals surface area (Å²) in [5.41, 5.74) is -0.212. The number of nitrogens with zero attached hydrogens (tertiary/aromatic N) is 1. The minimum absolute atomic E-state index is 0.145. The Balaban J connectivity index is 1.89. The van der Waals surface area contributed by atoms with Crippen LogP contribution in [0.15, 0.2) is 24.3 Å². The normalized spacial score (nSPS) is 22.2. The Labute approximate surface area is 122 Å². The van der Waals surface area contributed by atoms with Crippen molar-refractivity contribution in [2.45, 2.75) is 19.8 Å². The number of nitrogens with one attached hydrogen (secondary N) is 1. The Hall–Kier alpha value is -1.95. The molecule has 0 bridgehead atoms. The molecule has 1 fully saturated rings. The fourth-order valence-electron chi connectivity index (χ4n) is 2.64. The van der Waals surface area contributed by atoms with Crippen LogP contribution in [0.1, 0.15) is 19.8 Å². The predicted octanol–water partition coefficient (Wildman–Crippen LogP) is 1.95. The van der Waals surface area contributed by atoms with E-state index in [0.717, 1.165) is 0 Å². The highest BCUT2D eigenvalue weighted by atomic mass is 19.1. The molecule has 1 aliphatic rings. The fraction of sp³-hybridized carbons (Fsp3) is 0.467. The van der Waals surface area contributed by atoms with Crippen molar-refractivity contribution in [2.75, 3.05) is 25.0 Å². The minimum atomic E-state index is -0.800. The lowest BCUT2D eigenvalue weighted by molar-refractivity contribution is -0.148. The quantitative estimate of drug-likeness (QED) is 0.871. The van der Waals surface area contributed by atoms with Crippen molar-refractivity contribution in [3.63, 3.8) is 0 Å². The number of hydrogen-bond donors (Lipinski definition) is 2. The van der Waals surface area contributed by atoms with Gasteiger partial charge in [-0.05, 0) is 43.7 Å². The second kappa shape index (κ2) is 6.22. The van der Waals surface area contributed by atoms with Crippen molar-refractivity contribution in [2.24, 2.45) is 5.41 Å². The van der Waals surface area contributed by atoms with Crippen LogP contribution in [0.25, 0.3) is 0 Å². The summed E-state index contributed by atoms with van der Waals surface area (Å²) in [6.07, 6.45) is 1.11. The Bertz CT molecular complexity index is 532. The fourth-order valence-corrected chi connectivity index (χ4v) is 2.64. The summed E-state index contributed by atoms with van der Waals surface area (Å²) in [7, 11) is 0. The van der Waals surface area contributed by atoms with E-state index in [9.17, 15) is 19.1 Å². The van der Waals surface area contributed by atoms with Gasteiger partial charge in [0.15, 0.2) is 0 Å². The number of hydrogen-bond acceptors (Lipinski definition) is 3. The third-order valence-electron chi connectivity index (χ3n) is 4.06. The molecule has 1 atom stereocenters. The number of aliphatic carboxylic acids is 1. The number of amides is 1. The summed E-state index contributed by atoms with van der Waals surface area (Å²) in [4.78, 5) is 25.1. The first kappa shape index (κ1) is 15.4. The number of carboxylic acid groups (broad SMARTS) is 1. The summed E-state index contributed by atoms with van der Waals surface area (Å²) < 4.78 is 12.8. The summed E-state index contributed by atoms with van der Waals surface area (Å²) in [5.74, 6) is -1.38. The molecule has 21 heavy (non-hydrogen) atoms. The molecule has 6 heteroatoms. The number of halogens is 1. The van der Waals surface area contributed by atoms with Crippen LogP contribution >= 0.6 is 0 Å². The second-order valence-corrected chi connectivity index (χ2v) is 5.45. The first-order chi connectivity index (χ1) is 9.95. The molecule has 1 aromatic rings. The molecule has 2 rings (SSSR count). The number of benzene rings is 1. The first-order valence-electron chi connectivity index (χ1n) is 6.96. The van der Waals surface area contributed by atoms with Gasteiger partial charge in [-0.3, -0.25) is 14.5 Å². The topological polar surface area (TPSA) is 69.6 Å². The van der Waals surface area contributed by atoms with Crippen molar-refractivity contribution >= 4 is 17.6 Å². The van der Waals surface area contributed by atoms with E-state index in [0.29, 0.717) is 31.6 Å². The first-order valence-corrected chi connectivity index (χ1v) is 6.96. The minimum Gasteiger partial charge on any atom is -0.481 e. The molecule has 1 amide bonds. The molecular weight excluding hydrogens is 275 g/mol. The van der Waals surface area contributed by atoms with Crippen LogP contribution in [0.2, 0.25) is 0 Å². The highest BCUT2D eigenvalue weighted by Gasteiger charge is 2.43. The van der Waals surface area contributed by atoms with Gasteiger partial charge in [0, 0.05) is 12.2 Å². The van der Waals surface area contributed by atoms with E-state index < -0.39 is 11.4 Å². The highest BCUT2D eigenvalue weighted by Crippen LogP contribution is 2.33. The van der Waals surface area contributed by atoms with E-state index in [4.69, 9.17) is 0 Å². The van der Waals surface area contributed by atoms with Crippen LogP contribution in [-0.4, -0.2) is 41.5 Å². The van der Waals surface area contributed by atoms with Gasteiger partial charge in [0.2, 0.25) is 5.91 Å². The van der Waals surface area contributed by atoms with E-state index in [2.05, 4.69) is 5.32 Å². The van der Waals surface area contributed by atoms with Gasteiger partial charge >= 0.3 is 5.97 Å². The maximum atomic E-state index is 12.8. The molecule has 1 heterocycles. The second-order valence-electron chi connectivity index (χ2n) is 5.45. The Morgan fingerprint density at radius 2 is 2.05 bits per heavy atom. The number of rotatable bonds is 5. The Kier molecular flexibility index (Phi) is 4.57. The average Bonchev–Trinajstić information content (AvgIpc) is 2.86. The van der Waals surface area contributed by atoms with Gasteiger partial charge < -0.3 is 10.4 Å². The summed E-state index contributed by atoms with van der Waals surface area (Å²) in [5, 5.41) is 12.0. The van der Waals surface area contributed by atoms with Crippen LogP contribution in [0.5, 0.6) is 0 Å². The number of carbonyl (C=O) groups is 2. The van der Waals surface area contributed by atoms with Crippen molar-refractivity contribution in [3.05, 3.63) is 30.1 Å². The highest BCUT2D eigenvalue weighted by molar-refractivity contribution is 5.92. The van der Waals surface area contributed by atoms with Crippen LogP contribution < -0.4 is 5.32 Å². The van der Waals surface area contributed by atoms with Crippen LogP contribution in [0.3, 0.4) is 0 Å². The smallest absolute Gasteiger partial charge is 0.310 e. The van der Waals surface area contributed by atoms with Gasteiger partial charge in [-0.2, -0.15) is 0 Å². The number of anilines is 1. The van der Waals surface area contributed by atoms with E-state index in [1.807, 2.05) is 11.8 Å². The zero-order valence-corrected chi connectivity index (χ0v) is 11.9. The summed E-state index contributed by atoms with van der Waals surface area (Å²) >= 11 is 0. The van der Waals surface area contributed by atoms with Crippen molar-refractivity contribution < 1.29 is 19.1 Å². The molecular formula is C15H19FN2O3. The standard InChI is InChI=1S/C15H19FN2O3/c1-2-15(14(20)21)7-8-18(10-15)9-13(19)17-12-5-3-11(16)4-6-12/h3-6H,2,7-10H2,1H3,(H,17,19)(H,20,21). The zero-order chi connectivity index (χ0) is 15.5. The number of likely N-dealkylation sites (tertiary alicyclic amines) is 1. The van der Waals surface area contributed by atoms with Gasteiger partial charge in [-0.15, -0.1) is 0 Å². The van der Waals surface area contributed by atoms with Crippen LogP contribution in [-0.2, 0) is 9.59 Å². The molecule has 2 N–H and O–H groups in total. The maximum Gasteiger partial charge on any atom is 0.310 e. The van der Waals surface area contributed by atoms with E-state index in [-0.39, 0.29) is 18.3 Å². The molecule has 0 radical (unpaired) electrons. The van der Waals surface area contributed by atoms with Gasteiger partial charge in [-0.25, -0.2) is 4.39 Å². The van der Waals surface area contributed by atoms with Crippen LogP contribution in [0.4, 0.5) is 10.1 Å². The van der Waals surface area contributed by atoms with Crippen LogP contribution in [0, 0.1) is 11.2 Å². The Morgan fingerprint density at radius 1 is 1.38 bits per heavy atom. The van der Waals surface area contributed by atoms with E-state index in [1.54, 1.807) is 0 Å². The lowest BCUT2D eigenvalue weighted by atomic mass is 9.84. The molecule has 114 valence electrons. The monoisotopic (exact) mass is 294 g/mol. The molecule has 1 aliphatic heterocycles. The molecule has 0 aromatic heterocycles. The lowest BCUT2D eigenvalue weighted by Crippen LogP contribution is -2.37. The third-order valence-corrected chi connectivity index (χ3v) is 4.06. The molecule has 1 saturated heterocycles. The molecule has 1 unspecified atom stereocenters. The molecule has 0 spiro atoms. The van der Waals surface area contributed by atoms with Gasteiger partial charge in [0.1, 0.15) is 5.82 Å². The van der Waals surface area contributed by atoms with Gasteiger partial charge in [0.05, 0.1) is 12.0 Å². The summed E-state index contributed by atoms with van der Waals surface area (Å²) in [6.45, 7) is 2.98. The average molecular weight is 294 g/mol. The lowest BCUT2D eigenvalue weighted by Gasteiger charge is -2.22. The van der Waals surface area contributed by atoms with Crippen molar-refractivity contribution in [1.29, 1.82) is 0 Å². The zero-order valence-electron chi connectivity index (χ0n) is 11.9. The van der Waals surface area contributed by atoms with Gasteiger partial charge in [0.25, 0.3) is 0 Å². The summed E-state index contributed by atoms with van der Waals surface area (Å²) in [6, 6.07) is 5.53. The largest absolute Gasteiger partial charge is 0.481 e. The maximum absolute atomic E-state index is 12.8. The predicted molar refractivity (Wildman–Crippen MR) is 76.4 cm³/mol. The van der Waals surface area contributed by atoms with Crippen molar-refractivity contribution in [1.82, 2.24) is 4.90 Å². The molecule has 1 aromatic carbocycles. The van der Waals surface area contributed by atoms with Crippen molar-refractivity contribution in [3.8, 4) is 0 Å². The van der Waals surface area contributed by atoms with Gasteiger partial charge in [-0.1, -0.05) is 6.92 Å². The SMILES string of the molecule is CCC1(C(=O)O)CCN(CC(=O)Nc2ccc(F)cc2)C1.